The molecule has 4 nitrogen and oxygen atoms in total. The molecule has 1 atom stereocenters. The Morgan fingerprint density at radius 1 is 1.19 bits per heavy atom. The van der Waals surface area contributed by atoms with E-state index in [1.54, 1.807) is 0 Å². The van der Waals surface area contributed by atoms with Gasteiger partial charge in [0.15, 0.2) is 10.1 Å². The molecule has 0 spiro atoms. The van der Waals surface area contributed by atoms with E-state index >= 15 is 0 Å². The Kier molecular flexibility index (Phi) is 9.27. The smallest absolute Gasteiger partial charge is 0.485 e. The minimum absolute atomic E-state index is 0.301. The Balaban J connectivity index is 0.000000660. The van der Waals surface area contributed by atoms with Gasteiger partial charge >= 0.3 is 5.51 Å². The Morgan fingerprint density at radius 2 is 1.65 bits per heavy atom. The van der Waals surface area contributed by atoms with Crippen LogP contribution in [0.2, 0.25) is 18.1 Å². The average molecular weight is 437 g/mol. The molecule has 0 amide bonds. The highest BCUT2D eigenvalue weighted by molar-refractivity contribution is 7.96. The van der Waals surface area contributed by atoms with Crippen LogP contribution >= 0.6 is 0 Å². The van der Waals surface area contributed by atoms with Gasteiger partial charge in [0.25, 0.3) is 0 Å². The molecule has 1 aliphatic rings. The van der Waals surface area contributed by atoms with E-state index < -0.39 is 23.9 Å². The monoisotopic (exact) mass is 436 g/mol. The molecule has 0 fully saturated rings. The predicted molar refractivity (Wildman–Crippen MR) is 104 cm³/mol. The van der Waals surface area contributed by atoms with Gasteiger partial charge in [0.05, 0.1) is 18.3 Å². The fraction of sp³-hybridized carbons (Fsp3) is 0.875. The van der Waals surface area contributed by atoms with Crippen molar-refractivity contribution in [1.82, 2.24) is 0 Å². The summed E-state index contributed by atoms with van der Waals surface area (Å²) in [7, 11) is -7.26. The number of allylic oxidation sites excluding steroid dienone is 1. The molecule has 1 rings (SSSR count). The molecule has 0 aromatic rings. The Labute approximate surface area is 159 Å². The summed E-state index contributed by atoms with van der Waals surface area (Å²) in [6, 6.07) is 0. The third-order valence-corrected chi connectivity index (χ3v) is 11.1. The minimum Gasteiger partial charge on any atom is -0.741 e. The first-order chi connectivity index (χ1) is 11.4. The van der Waals surface area contributed by atoms with Crippen molar-refractivity contribution in [3.63, 3.8) is 0 Å². The van der Waals surface area contributed by atoms with Crippen molar-refractivity contribution in [2.75, 3.05) is 12.5 Å². The Hall–Kier alpha value is -0.193. The maximum atomic E-state index is 10.7. The van der Waals surface area contributed by atoms with Crippen LogP contribution in [-0.2, 0) is 25.4 Å². The summed E-state index contributed by atoms with van der Waals surface area (Å²) in [6.45, 7) is 11.7. The fourth-order valence-electron chi connectivity index (χ4n) is 1.96. The molecular weight excluding hydrogens is 405 g/mol. The van der Waals surface area contributed by atoms with Crippen LogP contribution in [0.4, 0.5) is 13.2 Å². The summed E-state index contributed by atoms with van der Waals surface area (Å²) >= 11 is 0. The van der Waals surface area contributed by atoms with Crippen molar-refractivity contribution in [2.45, 2.75) is 75.3 Å². The highest BCUT2D eigenvalue weighted by atomic mass is 32.2. The molecule has 26 heavy (non-hydrogen) atoms. The molecule has 10 heteroatoms. The number of alkyl halides is 3. The van der Waals surface area contributed by atoms with Gasteiger partial charge in [0, 0.05) is 12.5 Å². The molecule has 0 bridgehead atoms. The highest BCUT2D eigenvalue weighted by Crippen LogP contribution is 2.39. The summed E-state index contributed by atoms with van der Waals surface area (Å²) in [5.74, 6) is 1.30. The quantitative estimate of drug-likeness (QED) is 0.277. The van der Waals surface area contributed by atoms with Crippen molar-refractivity contribution in [3.05, 3.63) is 11.8 Å². The molecule has 156 valence electrons. The molecule has 1 aliphatic carbocycles. The second-order valence-corrected chi connectivity index (χ2v) is 16.5. The Bertz CT molecular complexity index is 579. The summed E-state index contributed by atoms with van der Waals surface area (Å²) in [6.07, 6.45) is 12.3. The minimum atomic E-state index is -6.09. The standard InChI is InChI=1S/C15H31OSSi.CHF3O3S/c1-15(2,3)18(6,7)16-13-10-8-9-11-14(12-13)17(4)5;2-1(3,4)8(5,6)7/h12,14H,8-11H2,1-7H3;(H,5,6,7)/q+1;/p-1. The molecule has 0 aliphatic heterocycles. The lowest BCUT2D eigenvalue weighted by Crippen LogP contribution is -2.40. The van der Waals surface area contributed by atoms with Crippen molar-refractivity contribution in [1.29, 1.82) is 0 Å². The van der Waals surface area contributed by atoms with Gasteiger partial charge in [-0.05, 0) is 48.3 Å². The van der Waals surface area contributed by atoms with Crippen molar-refractivity contribution < 1.29 is 30.6 Å². The largest absolute Gasteiger partial charge is 0.741 e. The molecule has 1 unspecified atom stereocenters. The molecule has 0 saturated carbocycles. The average Bonchev–Trinajstić information content (AvgIpc) is 2.60. The van der Waals surface area contributed by atoms with Crippen molar-refractivity contribution in [2.24, 2.45) is 0 Å². The number of hydrogen-bond donors (Lipinski definition) is 0. The zero-order valence-corrected chi connectivity index (χ0v) is 19.2. The third-order valence-electron chi connectivity index (χ3n) is 4.62. The van der Waals surface area contributed by atoms with Crippen molar-refractivity contribution in [3.8, 4) is 0 Å². The van der Waals surface area contributed by atoms with E-state index in [9.17, 15) is 13.2 Å². The van der Waals surface area contributed by atoms with Gasteiger partial charge in [-0.25, -0.2) is 8.42 Å². The summed E-state index contributed by atoms with van der Waals surface area (Å²) < 4.78 is 65.4. The van der Waals surface area contributed by atoms with Gasteiger partial charge in [0.1, 0.15) is 5.25 Å². The van der Waals surface area contributed by atoms with E-state index in [0.29, 0.717) is 15.9 Å². The first kappa shape index (κ1) is 25.8. The van der Waals surface area contributed by atoms with Crippen LogP contribution in [0.3, 0.4) is 0 Å². The van der Waals surface area contributed by atoms with Crippen LogP contribution in [0.25, 0.3) is 0 Å². The highest BCUT2D eigenvalue weighted by Gasteiger charge is 2.40. The molecular formula is C16H31F3O4S2Si. The third kappa shape index (κ3) is 8.66. The SMILES string of the molecule is C[S+](C)C1C=C(O[Si](C)(C)C(C)(C)C)CCCC1.O=S(=O)([O-])C(F)(F)F. The normalized spacial score (nSPS) is 20.0. The van der Waals surface area contributed by atoms with Gasteiger partial charge in [-0.3, -0.25) is 0 Å². The van der Waals surface area contributed by atoms with Crippen LogP contribution in [-0.4, -0.2) is 44.6 Å². The summed E-state index contributed by atoms with van der Waals surface area (Å²) in [5, 5.41) is 1.04. The fourth-order valence-corrected chi connectivity index (χ4v) is 4.15. The second kappa shape index (κ2) is 9.34. The van der Waals surface area contributed by atoms with Crippen molar-refractivity contribution >= 4 is 29.3 Å². The molecule has 0 heterocycles. The first-order valence-electron chi connectivity index (χ1n) is 8.37. The zero-order valence-electron chi connectivity index (χ0n) is 16.6. The summed E-state index contributed by atoms with van der Waals surface area (Å²) in [5.41, 5.74) is -5.65. The maximum Gasteiger partial charge on any atom is 0.485 e. The molecule has 0 N–H and O–H groups in total. The van der Waals surface area contributed by atoms with E-state index in [1.165, 1.54) is 25.0 Å². The van der Waals surface area contributed by atoms with Gasteiger partial charge in [-0.2, -0.15) is 13.2 Å². The molecule has 0 saturated heterocycles. The molecule has 0 aromatic heterocycles. The van der Waals surface area contributed by atoms with Crippen LogP contribution in [0, 0.1) is 0 Å². The lowest BCUT2D eigenvalue weighted by Gasteiger charge is -2.37. The second-order valence-electron chi connectivity index (χ2n) is 8.06. The first-order valence-corrected chi connectivity index (χ1v) is 14.8. The van der Waals surface area contributed by atoms with E-state index in [0.717, 1.165) is 11.7 Å². The maximum absolute atomic E-state index is 10.7. The zero-order chi connectivity index (χ0) is 21.0. The van der Waals surface area contributed by atoms with E-state index in [4.69, 9.17) is 17.4 Å². The van der Waals surface area contributed by atoms with E-state index in [-0.39, 0.29) is 0 Å². The lowest BCUT2D eigenvalue weighted by molar-refractivity contribution is -0.0517. The number of halogens is 3. The van der Waals surface area contributed by atoms with Crippen LogP contribution in [0.5, 0.6) is 0 Å². The van der Waals surface area contributed by atoms with Gasteiger partial charge < -0.3 is 8.98 Å². The number of rotatable bonds is 3. The van der Waals surface area contributed by atoms with Gasteiger partial charge in [-0.1, -0.05) is 20.8 Å². The van der Waals surface area contributed by atoms with Crippen LogP contribution in [0.15, 0.2) is 11.8 Å². The van der Waals surface area contributed by atoms with Crippen LogP contribution in [0.1, 0.15) is 46.5 Å². The van der Waals surface area contributed by atoms with Gasteiger partial charge in [-0.15, -0.1) is 0 Å². The molecule has 0 radical (unpaired) electrons. The van der Waals surface area contributed by atoms with Gasteiger partial charge in [0.2, 0.25) is 8.32 Å². The van der Waals surface area contributed by atoms with E-state index in [1.807, 2.05) is 0 Å². The summed E-state index contributed by atoms with van der Waals surface area (Å²) in [4.78, 5) is 0. The van der Waals surface area contributed by atoms with E-state index in [2.05, 4.69) is 52.5 Å². The predicted octanol–water partition coefficient (Wildman–Crippen LogP) is 4.76. The number of hydrogen-bond acceptors (Lipinski definition) is 4. The topological polar surface area (TPSA) is 66.4 Å². The Morgan fingerprint density at radius 3 is 2.00 bits per heavy atom. The van der Waals surface area contributed by atoms with Crippen LogP contribution < -0.4 is 0 Å². The molecule has 0 aromatic carbocycles. The lowest BCUT2D eigenvalue weighted by atomic mass is 10.2.